The van der Waals surface area contributed by atoms with Crippen molar-refractivity contribution >= 4 is 12.2 Å². The van der Waals surface area contributed by atoms with Gasteiger partial charge in [-0.3, -0.25) is 0 Å². The number of benzene rings is 1. The number of rotatable bonds is 5. The molecule has 0 radical (unpaired) electrons. The summed E-state index contributed by atoms with van der Waals surface area (Å²) in [4.78, 5) is 0. The molecule has 0 saturated heterocycles. The lowest BCUT2D eigenvalue weighted by Gasteiger charge is -2.12. The Morgan fingerprint density at radius 2 is 1.53 bits per heavy atom. The molecule has 1 heterocycles. The molecule has 100 valence electrons. The van der Waals surface area contributed by atoms with Crippen molar-refractivity contribution < 1.29 is 18.6 Å². The minimum atomic E-state index is 0.588. The third-order valence-electron chi connectivity index (χ3n) is 2.70. The SMILES string of the molecule is COc1cc(/C=C/c2ccoc2)cc(OC)c1OC. The van der Waals surface area contributed by atoms with E-state index in [4.69, 9.17) is 18.6 Å². The van der Waals surface area contributed by atoms with E-state index in [1.165, 1.54) is 0 Å². The Kier molecular flexibility index (Phi) is 4.13. The molecule has 0 amide bonds. The normalized spacial score (nSPS) is 10.7. The largest absolute Gasteiger partial charge is 0.493 e. The quantitative estimate of drug-likeness (QED) is 0.825. The van der Waals surface area contributed by atoms with Crippen molar-refractivity contribution in [1.82, 2.24) is 0 Å². The topological polar surface area (TPSA) is 40.8 Å². The summed E-state index contributed by atoms with van der Waals surface area (Å²) in [6.45, 7) is 0. The molecule has 0 unspecified atom stereocenters. The van der Waals surface area contributed by atoms with E-state index in [1.54, 1.807) is 33.9 Å². The van der Waals surface area contributed by atoms with Crippen LogP contribution in [0.2, 0.25) is 0 Å². The van der Waals surface area contributed by atoms with Crippen LogP contribution in [0.25, 0.3) is 12.2 Å². The molecule has 0 fully saturated rings. The van der Waals surface area contributed by atoms with E-state index in [9.17, 15) is 0 Å². The molecule has 0 atom stereocenters. The number of furan rings is 1. The van der Waals surface area contributed by atoms with Gasteiger partial charge >= 0.3 is 0 Å². The average molecular weight is 260 g/mol. The van der Waals surface area contributed by atoms with Crippen LogP contribution in [-0.2, 0) is 0 Å². The first kappa shape index (κ1) is 13.1. The van der Waals surface area contributed by atoms with Crippen LogP contribution in [0.3, 0.4) is 0 Å². The molecular weight excluding hydrogens is 244 g/mol. The van der Waals surface area contributed by atoms with E-state index in [0.29, 0.717) is 17.2 Å². The first-order valence-corrected chi connectivity index (χ1v) is 5.78. The van der Waals surface area contributed by atoms with E-state index in [-0.39, 0.29) is 0 Å². The van der Waals surface area contributed by atoms with Gasteiger partial charge in [-0.15, -0.1) is 0 Å². The zero-order valence-corrected chi connectivity index (χ0v) is 11.2. The summed E-state index contributed by atoms with van der Waals surface area (Å²) in [7, 11) is 4.78. The Morgan fingerprint density at radius 3 is 2.00 bits per heavy atom. The molecule has 0 aliphatic carbocycles. The van der Waals surface area contributed by atoms with Crippen molar-refractivity contribution in [1.29, 1.82) is 0 Å². The third kappa shape index (κ3) is 2.91. The van der Waals surface area contributed by atoms with Gasteiger partial charge < -0.3 is 18.6 Å². The molecule has 4 heteroatoms. The summed E-state index contributed by atoms with van der Waals surface area (Å²) in [6.07, 6.45) is 7.21. The molecule has 1 aromatic heterocycles. The summed E-state index contributed by atoms with van der Waals surface area (Å²) in [5.41, 5.74) is 1.95. The van der Waals surface area contributed by atoms with Crippen molar-refractivity contribution in [3.63, 3.8) is 0 Å². The summed E-state index contributed by atoms with van der Waals surface area (Å²) in [5, 5.41) is 0. The Labute approximate surface area is 112 Å². The third-order valence-corrected chi connectivity index (χ3v) is 2.70. The number of ether oxygens (including phenoxy) is 3. The first-order valence-electron chi connectivity index (χ1n) is 5.78. The van der Waals surface area contributed by atoms with E-state index in [2.05, 4.69) is 0 Å². The summed E-state index contributed by atoms with van der Waals surface area (Å²) in [6, 6.07) is 5.66. The highest BCUT2D eigenvalue weighted by atomic mass is 16.5. The van der Waals surface area contributed by atoms with Gasteiger partial charge in [0.05, 0.1) is 33.9 Å². The highest BCUT2D eigenvalue weighted by Crippen LogP contribution is 2.38. The molecule has 1 aromatic carbocycles. The van der Waals surface area contributed by atoms with Gasteiger partial charge in [-0.05, 0) is 23.8 Å². The zero-order chi connectivity index (χ0) is 13.7. The maximum Gasteiger partial charge on any atom is 0.203 e. The maximum absolute atomic E-state index is 5.30. The van der Waals surface area contributed by atoms with E-state index < -0.39 is 0 Å². The maximum atomic E-state index is 5.30. The summed E-state index contributed by atoms with van der Waals surface area (Å²) >= 11 is 0. The second kappa shape index (κ2) is 6.00. The lowest BCUT2D eigenvalue weighted by atomic mass is 10.1. The smallest absolute Gasteiger partial charge is 0.203 e. The van der Waals surface area contributed by atoms with Gasteiger partial charge in [-0.2, -0.15) is 0 Å². The van der Waals surface area contributed by atoms with Crippen LogP contribution >= 0.6 is 0 Å². The number of methoxy groups -OCH3 is 3. The minimum absolute atomic E-state index is 0.588. The molecule has 2 aromatic rings. The second-order valence-corrected chi connectivity index (χ2v) is 3.85. The van der Waals surface area contributed by atoms with Crippen LogP contribution in [0.5, 0.6) is 17.2 Å². The van der Waals surface area contributed by atoms with E-state index in [0.717, 1.165) is 11.1 Å². The Balaban J connectivity index is 2.36. The molecule has 19 heavy (non-hydrogen) atoms. The molecule has 2 rings (SSSR count). The van der Waals surface area contributed by atoms with Crippen molar-refractivity contribution in [2.24, 2.45) is 0 Å². The molecule has 0 aliphatic rings. The molecular formula is C15H16O4. The molecule has 0 spiro atoms. The molecule has 0 aliphatic heterocycles. The van der Waals surface area contributed by atoms with Crippen LogP contribution in [0.15, 0.2) is 35.1 Å². The van der Waals surface area contributed by atoms with Gasteiger partial charge in [0.2, 0.25) is 5.75 Å². The number of hydrogen-bond acceptors (Lipinski definition) is 4. The Morgan fingerprint density at radius 1 is 0.895 bits per heavy atom. The van der Waals surface area contributed by atoms with Gasteiger partial charge in [-0.25, -0.2) is 0 Å². The van der Waals surface area contributed by atoms with Gasteiger partial charge in [0.15, 0.2) is 11.5 Å². The fourth-order valence-corrected chi connectivity index (χ4v) is 1.76. The van der Waals surface area contributed by atoms with Crippen molar-refractivity contribution in [2.45, 2.75) is 0 Å². The second-order valence-electron chi connectivity index (χ2n) is 3.85. The predicted octanol–water partition coefficient (Wildman–Crippen LogP) is 3.48. The fourth-order valence-electron chi connectivity index (χ4n) is 1.76. The van der Waals surface area contributed by atoms with E-state index >= 15 is 0 Å². The Bertz CT molecular complexity index is 531. The first-order chi connectivity index (χ1) is 9.28. The predicted molar refractivity (Wildman–Crippen MR) is 73.7 cm³/mol. The number of hydrogen-bond donors (Lipinski definition) is 0. The Hall–Kier alpha value is -2.36. The molecule has 0 bridgehead atoms. The van der Waals surface area contributed by atoms with Crippen molar-refractivity contribution in [3.8, 4) is 17.2 Å². The van der Waals surface area contributed by atoms with Gasteiger partial charge in [-0.1, -0.05) is 12.2 Å². The molecule has 4 nitrogen and oxygen atoms in total. The monoisotopic (exact) mass is 260 g/mol. The van der Waals surface area contributed by atoms with Crippen LogP contribution < -0.4 is 14.2 Å². The van der Waals surface area contributed by atoms with Crippen LogP contribution in [0.4, 0.5) is 0 Å². The lowest BCUT2D eigenvalue weighted by Crippen LogP contribution is -1.95. The van der Waals surface area contributed by atoms with Crippen molar-refractivity contribution in [2.75, 3.05) is 21.3 Å². The van der Waals surface area contributed by atoms with Gasteiger partial charge in [0, 0.05) is 5.56 Å². The lowest BCUT2D eigenvalue weighted by molar-refractivity contribution is 0.324. The standard InChI is InChI=1S/C15H16O4/c1-16-13-8-12(5-4-11-6-7-19-10-11)9-14(17-2)15(13)18-3/h4-10H,1-3H3/b5-4+. The fraction of sp³-hybridized carbons (Fsp3) is 0.200. The molecule has 0 saturated carbocycles. The average Bonchev–Trinajstić information content (AvgIpc) is 2.97. The van der Waals surface area contributed by atoms with Gasteiger partial charge in [0.1, 0.15) is 0 Å². The zero-order valence-electron chi connectivity index (χ0n) is 11.2. The van der Waals surface area contributed by atoms with Crippen molar-refractivity contribution in [3.05, 3.63) is 41.9 Å². The van der Waals surface area contributed by atoms with Crippen LogP contribution in [-0.4, -0.2) is 21.3 Å². The minimum Gasteiger partial charge on any atom is -0.493 e. The van der Waals surface area contributed by atoms with Crippen LogP contribution in [0.1, 0.15) is 11.1 Å². The van der Waals surface area contributed by atoms with Gasteiger partial charge in [0.25, 0.3) is 0 Å². The van der Waals surface area contributed by atoms with E-state index in [1.807, 2.05) is 30.4 Å². The van der Waals surface area contributed by atoms with Crippen LogP contribution in [0, 0.1) is 0 Å². The highest BCUT2D eigenvalue weighted by Gasteiger charge is 2.11. The highest BCUT2D eigenvalue weighted by molar-refractivity contribution is 5.72. The summed E-state index contributed by atoms with van der Waals surface area (Å²) in [5.74, 6) is 1.85. The molecule has 0 N–H and O–H groups in total. The summed E-state index contributed by atoms with van der Waals surface area (Å²) < 4.78 is 20.9.